The molecule has 0 spiro atoms. The van der Waals surface area contributed by atoms with Crippen molar-refractivity contribution in [2.45, 2.75) is 57.8 Å². The highest BCUT2D eigenvalue weighted by atomic mass is 16.5. The molecule has 0 radical (unpaired) electrons. The molecule has 0 aromatic heterocycles. The van der Waals surface area contributed by atoms with Crippen LogP contribution in [0.1, 0.15) is 57.8 Å². The van der Waals surface area contributed by atoms with E-state index in [4.69, 9.17) is 19.3 Å². The summed E-state index contributed by atoms with van der Waals surface area (Å²) in [7, 11) is 1.35. The van der Waals surface area contributed by atoms with Crippen molar-refractivity contribution in [3.05, 3.63) is 25.3 Å². The minimum Gasteiger partial charge on any atom is -0.469 e. The highest BCUT2D eigenvalue weighted by Crippen LogP contribution is 2.15. The molecule has 0 saturated heterocycles. The van der Waals surface area contributed by atoms with Crippen LogP contribution in [0.2, 0.25) is 0 Å². The lowest BCUT2D eigenvalue weighted by molar-refractivity contribution is -0.149. The van der Waals surface area contributed by atoms with Crippen molar-refractivity contribution in [2.24, 2.45) is 11.8 Å². The fourth-order valence-corrected chi connectivity index (χ4v) is 2.82. The number of ether oxygens (including phenoxy) is 3. The minimum absolute atomic E-state index is 0.0423. The molecule has 0 amide bonds. The Labute approximate surface area is 174 Å². The van der Waals surface area contributed by atoms with Crippen LogP contribution >= 0.6 is 0 Å². The van der Waals surface area contributed by atoms with Gasteiger partial charge in [0.25, 0.3) is 0 Å². The van der Waals surface area contributed by atoms with Gasteiger partial charge in [-0.3, -0.25) is 14.4 Å². The Balaban J connectivity index is 3.88. The molecule has 0 fully saturated rings. The maximum atomic E-state index is 12.0. The van der Waals surface area contributed by atoms with Crippen LogP contribution in [0.5, 0.6) is 0 Å². The van der Waals surface area contributed by atoms with Crippen LogP contribution in [0.25, 0.3) is 0 Å². The number of aliphatic hydroxyl groups is 1. The Kier molecular flexibility index (Phi) is 16.6. The molecule has 2 atom stereocenters. The van der Waals surface area contributed by atoms with Crippen LogP contribution in [0, 0.1) is 11.8 Å². The Morgan fingerprint density at radius 1 is 0.862 bits per heavy atom. The number of unbranched alkanes of at least 4 members (excludes halogenated alkanes) is 1. The lowest BCUT2D eigenvalue weighted by atomic mass is 10.00. The molecule has 0 saturated carbocycles. The molecule has 0 bridgehead atoms. The van der Waals surface area contributed by atoms with Crippen molar-refractivity contribution < 1.29 is 33.7 Å². The van der Waals surface area contributed by atoms with Gasteiger partial charge in [-0.1, -0.05) is 12.2 Å². The van der Waals surface area contributed by atoms with Gasteiger partial charge in [-0.05, 0) is 51.4 Å². The van der Waals surface area contributed by atoms with E-state index in [2.05, 4.69) is 13.2 Å². The molecule has 0 aromatic rings. The summed E-state index contributed by atoms with van der Waals surface area (Å²) in [6.45, 7) is 7.81. The van der Waals surface area contributed by atoms with Crippen LogP contribution < -0.4 is 0 Å². The topological polar surface area (TPSA) is 99.1 Å². The molecule has 7 nitrogen and oxygen atoms in total. The summed E-state index contributed by atoms with van der Waals surface area (Å²) >= 11 is 0. The monoisotopic (exact) mass is 412 g/mol. The molecule has 166 valence electrons. The largest absolute Gasteiger partial charge is 0.469 e. The summed E-state index contributed by atoms with van der Waals surface area (Å²) in [4.78, 5) is 35.3. The second-order valence-electron chi connectivity index (χ2n) is 6.82. The normalized spacial score (nSPS) is 12.5. The third kappa shape index (κ3) is 13.6. The molecule has 1 N–H and O–H groups in total. The maximum Gasteiger partial charge on any atom is 0.309 e. The predicted octanol–water partition coefficient (Wildman–Crippen LogP) is 3.35. The number of carbonyl (C=O) groups excluding carboxylic acids is 3. The molecule has 7 heteroatoms. The Morgan fingerprint density at radius 2 is 1.45 bits per heavy atom. The Morgan fingerprint density at radius 3 is 2.03 bits per heavy atom. The first-order valence-electron chi connectivity index (χ1n) is 10.2. The summed E-state index contributed by atoms with van der Waals surface area (Å²) in [5.41, 5.74) is 0. The first-order valence-corrected chi connectivity index (χ1v) is 10.2. The predicted molar refractivity (Wildman–Crippen MR) is 110 cm³/mol. The van der Waals surface area contributed by atoms with Crippen LogP contribution in [-0.2, 0) is 28.6 Å². The van der Waals surface area contributed by atoms with E-state index >= 15 is 0 Å². The van der Waals surface area contributed by atoms with Gasteiger partial charge < -0.3 is 19.3 Å². The van der Waals surface area contributed by atoms with Crippen molar-refractivity contribution in [3.63, 3.8) is 0 Å². The van der Waals surface area contributed by atoms with E-state index < -0.39 is 0 Å². The van der Waals surface area contributed by atoms with Gasteiger partial charge in [-0.15, -0.1) is 13.2 Å². The first kappa shape index (κ1) is 26.9. The van der Waals surface area contributed by atoms with Crippen LogP contribution in [-0.4, -0.2) is 49.9 Å². The number of allylic oxidation sites excluding steroid dienone is 2. The maximum absolute atomic E-state index is 12.0. The average molecular weight is 413 g/mol. The van der Waals surface area contributed by atoms with E-state index in [1.807, 2.05) is 0 Å². The van der Waals surface area contributed by atoms with Gasteiger partial charge in [0, 0.05) is 13.0 Å². The van der Waals surface area contributed by atoms with Crippen LogP contribution in [0.3, 0.4) is 0 Å². The summed E-state index contributed by atoms with van der Waals surface area (Å²) in [5, 5.41) is 8.88. The number of hydrogen-bond acceptors (Lipinski definition) is 7. The fourth-order valence-electron chi connectivity index (χ4n) is 2.82. The lowest BCUT2D eigenvalue weighted by Crippen LogP contribution is -2.18. The van der Waals surface area contributed by atoms with Gasteiger partial charge in [0.15, 0.2) is 0 Å². The Bertz CT molecular complexity index is 501. The van der Waals surface area contributed by atoms with Crippen molar-refractivity contribution >= 4 is 17.9 Å². The number of hydrogen-bond donors (Lipinski definition) is 1. The summed E-state index contributed by atoms with van der Waals surface area (Å²) < 4.78 is 15.1. The molecular weight excluding hydrogens is 376 g/mol. The van der Waals surface area contributed by atoms with E-state index in [1.54, 1.807) is 12.2 Å². The number of methoxy groups -OCH3 is 1. The highest BCUT2D eigenvalue weighted by molar-refractivity contribution is 5.73. The lowest BCUT2D eigenvalue weighted by Gasteiger charge is -2.14. The van der Waals surface area contributed by atoms with E-state index in [9.17, 15) is 14.4 Å². The average Bonchev–Trinajstić information content (AvgIpc) is 2.72. The molecule has 0 aliphatic heterocycles. The van der Waals surface area contributed by atoms with Gasteiger partial charge >= 0.3 is 17.9 Å². The Hall–Kier alpha value is -2.15. The molecule has 2 unspecified atom stereocenters. The summed E-state index contributed by atoms with van der Waals surface area (Å²) in [5.74, 6) is -1.41. The second-order valence-corrected chi connectivity index (χ2v) is 6.82. The van der Waals surface area contributed by atoms with E-state index in [0.29, 0.717) is 51.4 Å². The third-order valence-electron chi connectivity index (χ3n) is 4.46. The van der Waals surface area contributed by atoms with Crippen LogP contribution in [0.15, 0.2) is 25.3 Å². The third-order valence-corrected chi connectivity index (χ3v) is 4.46. The molecular formula is C22H36O7. The number of rotatable bonds is 18. The quantitative estimate of drug-likeness (QED) is 0.159. The van der Waals surface area contributed by atoms with Gasteiger partial charge in [0.2, 0.25) is 0 Å². The summed E-state index contributed by atoms with van der Waals surface area (Å²) in [6, 6.07) is 0. The number of aliphatic hydroxyl groups excluding tert-OH is 1. The van der Waals surface area contributed by atoms with Crippen molar-refractivity contribution in [1.82, 2.24) is 0 Å². The van der Waals surface area contributed by atoms with Gasteiger partial charge in [0.05, 0.1) is 32.2 Å². The zero-order valence-corrected chi connectivity index (χ0v) is 17.6. The SMILES string of the molecule is C=CCC(CCCOC(=O)CCCCOC(=O)C(CC=C)CCCO)C(=O)OC. The number of carbonyl (C=O) groups is 3. The van der Waals surface area contributed by atoms with Crippen molar-refractivity contribution in [3.8, 4) is 0 Å². The van der Waals surface area contributed by atoms with E-state index in [-0.39, 0.29) is 56.0 Å². The molecule has 0 rings (SSSR count). The van der Waals surface area contributed by atoms with Crippen molar-refractivity contribution in [2.75, 3.05) is 26.9 Å². The fraction of sp³-hybridized carbons (Fsp3) is 0.682. The molecule has 0 aliphatic carbocycles. The summed E-state index contributed by atoms with van der Waals surface area (Å²) in [6.07, 6.45) is 8.07. The van der Waals surface area contributed by atoms with Gasteiger partial charge in [0.1, 0.15) is 0 Å². The van der Waals surface area contributed by atoms with Gasteiger partial charge in [-0.2, -0.15) is 0 Å². The molecule has 29 heavy (non-hydrogen) atoms. The number of esters is 3. The first-order chi connectivity index (χ1) is 14.0. The van der Waals surface area contributed by atoms with Crippen molar-refractivity contribution in [1.29, 1.82) is 0 Å². The van der Waals surface area contributed by atoms with Gasteiger partial charge in [-0.25, -0.2) is 0 Å². The standard InChI is InChI=1S/C22H36O7/c1-4-10-18(21(25)27-3)13-9-17-28-20(24)14-6-7-16-29-22(26)19(11-5-2)12-8-15-23/h4-5,18-19,23H,1-2,6-17H2,3H3. The van der Waals surface area contributed by atoms with E-state index in [1.165, 1.54) is 7.11 Å². The zero-order chi connectivity index (χ0) is 21.9. The molecule has 0 heterocycles. The second kappa shape index (κ2) is 17.9. The molecule has 0 aliphatic rings. The zero-order valence-electron chi connectivity index (χ0n) is 17.6. The smallest absolute Gasteiger partial charge is 0.309 e. The van der Waals surface area contributed by atoms with E-state index in [0.717, 1.165) is 0 Å². The molecule has 0 aromatic carbocycles. The highest BCUT2D eigenvalue weighted by Gasteiger charge is 2.18. The minimum atomic E-state index is -0.304. The van der Waals surface area contributed by atoms with Crippen LogP contribution in [0.4, 0.5) is 0 Å².